The van der Waals surface area contributed by atoms with Crippen LogP contribution >= 0.6 is 0 Å². The Labute approximate surface area is 138 Å². The Balaban J connectivity index is 1.67. The molecule has 3 aromatic rings. The van der Waals surface area contributed by atoms with Crippen LogP contribution in [0.1, 0.15) is 12.8 Å². The van der Waals surface area contributed by atoms with Gasteiger partial charge in [0.25, 0.3) is 0 Å². The normalized spacial score (nSPS) is 14.3. The molecule has 0 spiro atoms. The van der Waals surface area contributed by atoms with Crippen molar-refractivity contribution in [2.75, 3.05) is 18.0 Å². The Bertz CT molecular complexity index is 842. The van der Waals surface area contributed by atoms with Crippen LogP contribution in [0.15, 0.2) is 36.7 Å². The largest absolute Gasteiger partial charge is 0.507 e. The van der Waals surface area contributed by atoms with Crippen molar-refractivity contribution in [1.29, 1.82) is 0 Å². The summed E-state index contributed by atoms with van der Waals surface area (Å²) in [6.45, 7) is 1.96. The molecular formula is C17H16FN5O. The maximum atomic E-state index is 14.4. The van der Waals surface area contributed by atoms with Crippen molar-refractivity contribution >= 4 is 5.82 Å². The molecule has 0 unspecified atom stereocenters. The number of anilines is 1. The molecule has 0 atom stereocenters. The lowest BCUT2D eigenvalue weighted by Gasteiger charge is -2.15. The van der Waals surface area contributed by atoms with Crippen molar-refractivity contribution < 1.29 is 9.50 Å². The average Bonchev–Trinajstić information content (AvgIpc) is 3.30. The Morgan fingerprint density at radius 2 is 1.92 bits per heavy atom. The molecule has 4 rings (SSSR count). The minimum Gasteiger partial charge on any atom is -0.507 e. The fourth-order valence-electron chi connectivity index (χ4n) is 2.97. The molecule has 1 aromatic carbocycles. The molecule has 2 N–H and O–H groups in total. The highest BCUT2D eigenvalue weighted by Crippen LogP contribution is 2.34. The number of nitrogens with one attached hydrogen (secondary N) is 1. The van der Waals surface area contributed by atoms with E-state index in [1.54, 1.807) is 12.3 Å². The zero-order valence-electron chi connectivity index (χ0n) is 12.9. The Morgan fingerprint density at radius 1 is 1.08 bits per heavy atom. The second-order valence-electron chi connectivity index (χ2n) is 5.81. The van der Waals surface area contributed by atoms with E-state index in [2.05, 4.69) is 25.3 Å². The summed E-state index contributed by atoms with van der Waals surface area (Å²) in [5.41, 5.74) is 1.62. The molecule has 7 heteroatoms. The molecule has 1 fully saturated rings. The number of aromatic hydroxyl groups is 1. The predicted octanol–water partition coefficient (Wildman–Crippen LogP) is 2.98. The van der Waals surface area contributed by atoms with Crippen molar-refractivity contribution in [3.05, 3.63) is 42.5 Å². The van der Waals surface area contributed by atoms with Crippen molar-refractivity contribution in [3.63, 3.8) is 0 Å². The fraction of sp³-hybridized carbons (Fsp3) is 0.235. The standard InChI is InChI=1S/C17H16FN5O/c18-14-7-13(16(24)8-12(14)11-9-19-20-10-11)15-3-4-17(22-21-15)23-5-1-2-6-23/h3-4,7-10,24H,1-2,5-6H2,(H,19,20). The minimum atomic E-state index is -0.449. The van der Waals surface area contributed by atoms with Crippen molar-refractivity contribution in [2.45, 2.75) is 12.8 Å². The summed E-state index contributed by atoms with van der Waals surface area (Å²) in [5.74, 6) is 0.316. The van der Waals surface area contributed by atoms with Crippen LogP contribution in [0.2, 0.25) is 0 Å². The maximum Gasteiger partial charge on any atom is 0.151 e. The highest BCUT2D eigenvalue weighted by Gasteiger charge is 2.17. The van der Waals surface area contributed by atoms with Crippen LogP contribution in [-0.2, 0) is 0 Å². The van der Waals surface area contributed by atoms with E-state index >= 15 is 0 Å². The van der Waals surface area contributed by atoms with Gasteiger partial charge in [0.2, 0.25) is 0 Å². The molecular weight excluding hydrogens is 309 g/mol. The molecule has 122 valence electrons. The van der Waals surface area contributed by atoms with Crippen molar-refractivity contribution in [3.8, 4) is 28.1 Å². The van der Waals surface area contributed by atoms with Crippen molar-refractivity contribution in [1.82, 2.24) is 20.4 Å². The van der Waals surface area contributed by atoms with Crippen LogP contribution in [0.3, 0.4) is 0 Å². The van der Waals surface area contributed by atoms with Gasteiger partial charge < -0.3 is 10.0 Å². The fourth-order valence-corrected chi connectivity index (χ4v) is 2.97. The number of hydrogen-bond acceptors (Lipinski definition) is 5. The van der Waals surface area contributed by atoms with Crippen LogP contribution < -0.4 is 4.90 Å². The zero-order valence-corrected chi connectivity index (χ0v) is 12.9. The number of halogens is 1. The number of phenolic OH excluding ortho intramolecular Hbond substituents is 1. The lowest BCUT2D eigenvalue weighted by Crippen LogP contribution is -2.19. The molecule has 0 amide bonds. The van der Waals surface area contributed by atoms with Gasteiger partial charge in [0.15, 0.2) is 5.82 Å². The topological polar surface area (TPSA) is 77.9 Å². The number of phenols is 1. The maximum absolute atomic E-state index is 14.4. The Kier molecular flexibility index (Phi) is 3.60. The third-order valence-electron chi connectivity index (χ3n) is 4.25. The molecule has 6 nitrogen and oxygen atoms in total. The van der Waals surface area contributed by atoms with Gasteiger partial charge in [-0.1, -0.05) is 0 Å². The first-order valence-corrected chi connectivity index (χ1v) is 7.83. The molecule has 0 bridgehead atoms. The minimum absolute atomic E-state index is 0.0455. The van der Waals surface area contributed by atoms with Crippen LogP contribution in [0.5, 0.6) is 5.75 Å². The van der Waals surface area contributed by atoms with E-state index in [1.165, 1.54) is 18.3 Å². The lowest BCUT2D eigenvalue weighted by molar-refractivity contribution is 0.475. The first-order chi connectivity index (χ1) is 11.7. The van der Waals surface area contributed by atoms with Gasteiger partial charge in [-0.05, 0) is 37.1 Å². The summed E-state index contributed by atoms with van der Waals surface area (Å²) in [7, 11) is 0. The number of benzene rings is 1. The molecule has 1 saturated heterocycles. The first kappa shape index (κ1) is 14.6. The van der Waals surface area contributed by atoms with Gasteiger partial charge in [0.05, 0.1) is 11.9 Å². The number of aromatic nitrogens is 4. The SMILES string of the molecule is Oc1cc(-c2cn[nH]c2)c(F)cc1-c1ccc(N2CCCC2)nn1. The number of hydrogen-bond donors (Lipinski definition) is 2. The third kappa shape index (κ3) is 2.58. The first-order valence-electron chi connectivity index (χ1n) is 7.83. The lowest BCUT2D eigenvalue weighted by atomic mass is 10.0. The van der Waals surface area contributed by atoms with Gasteiger partial charge in [-0.2, -0.15) is 5.10 Å². The monoisotopic (exact) mass is 325 g/mol. The van der Waals surface area contributed by atoms with Crippen molar-refractivity contribution in [2.24, 2.45) is 0 Å². The van der Waals surface area contributed by atoms with E-state index in [0.29, 0.717) is 16.8 Å². The van der Waals surface area contributed by atoms with Gasteiger partial charge in [0, 0.05) is 36.0 Å². The smallest absolute Gasteiger partial charge is 0.151 e. The molecule has 0 aliphatic carbocycles. The quantitative estimate of drug-likeness (QED) is 0.774. The molecule has 24 heavy (non-hydrogen) atoms. The number of nitrogens with zero attached hydrogens (tertiary/aromatic N) is 4. The van der Waals surface area contributed by atoms with Crippen LogP contribution in [-0.4, -0.2) is 38.6 Å². The van der Waals surface area contributed by atoms with Crippen LogP contribution in [0, 0.1) is 5.82 Å². The van der Waals surface area contributed by atoms with Gasteiger partial charge in [-0.25, -0.2) is 4.39 Å². The Hall–Kier alpha value is -2.96. The summed E-state index contributed by atoms with van der Waals surface area (Å²) in [6, 6.07) is 6.27. The average molecular weight is 325 g/mol. The van der Waals surface area contributed by atoms with E-state index < -0.39 is 5.82 Å². The zero-order chi connectivity index (χ0) is 16.5. The van der Waals surface area contributed by atoms with E-state index in [9.17, 15) is 9.50 Å². The highest BCUT2D eigenvalue weighted by atomic mass is 19.1. The molecule has 1 aliphatic rings. The molecule has 0 radical (unpaired) electrons. The Morgan fingerprint density at radius 3 is 2.58 bits per heavy atom. The summed E-state index contributed by atoms with van der Waals surface area (Å²) in [4.78, 5) is 2.17. The summed E-state index contributed by atoms with van der Waals surface area (Å²) in [5, 5.41) is 25.1. The summed E-state index contributed by atoms with van der Waals surface area (Å²) < 4.78 is 14.4. The summed E-state index contributed by atoms with van der Waals surface area (Å²) in [6.07, 6.45) is 5.39. The summed E-state index contributed by atoms with van der Waals surface area (Å²) >= 11 is 0. The second kappa shape index (κ2) is 5.92. The molecule has 3 heterocycles. The van der Waals surface area contributed by atoms with E-state index in [-0.39, 0.29) is 11.3 Å². The number of aromatic amines is 1. The third-order valence-corrected chi connectivity index (χ3v) is 4.25. The molecule has 2 aromatic heterocycles. The van der Waals surface area contributed by atoms with Crippen LogP contribution in [0.4, 0.5) is 10.2 Å². The van der Waals surface area contributed by atoms with E-state index in [0.717, 1.165) is 31.7 Å². The van der Waals surface area contributed by atoms with Gasteiger partial charge in [0.1, 0.15) is 11.6 Å². The highest BCUT2D eigenvalue weighted by molar-refractivity contribution is 5.74. The van der Waals surface area contributed by atoms with Gasteiger partial charge in [-0.3, -0.25) is 5.10 Å². The van der Waals surface area contributed by atoms with Crippen LogP contribution in [0.25, 0.3) is 22.4 Å². The predicted molar refractivity (Wildman–Crippen MR) is 88.1 cm³/mol. The van der Waals surface area contributed by atoms with Gasteiger partial charge in [-0.15, -0.1) is 10.2 Å². The molecule has 1 aliphatic heterocycles. The van der Waals surface area contributed by atoms with Gasteiger partial charge >= 0.3 is 0 Å². The second-order valence-corrected chi connectivity index (χ2v) is 5.81. The number of H-pyrrole nitrogens is 1. The van der Waals surface area contributed by atoms with E-state index in [4.69, 9.17) is 0 Å². The molecule has 0 saturated carbocycles. The number of rotatable bonds is 3. The van der Waals surface area contributed by atoms with E-state index in [1.807, 2.05) is 6.07 Å².